The zero-order valence-electron chi connectivity index (χ0n) is 9.54. The highest BCUT2D eigenvalue weighted by molar-refractivity contribution is 5.69. The van der Waals surface area contributed by atoms with E-state index in [1.165, 1.54) is 19.1 Å². The molecule has 0 amide bonds. The Bertz CT molecular complexity index is 425. The molecule has 16 heavy (non-hydrogen) atoms. The summed E-state index contributed by atoms with van der Waals surface area (Å²) in [5.41, 5.74) is -0.150. The Morgan fingerprint density at radius 3 is 2.50 bits per heavy atom. The molecule has 1 aromatic carbocycles. The third-order valence-electron chi connectivity index (χ3n) is 2.65. The Morgan fingerprint density at radius 1 is 1.44 bits per heavy atom. The molecule has 3 nitrogen and oxygen atoms in total. The van der Waals surface area contributed by atoms with Gasteiger partial charge in [0.05, 0.1) is 6.42 Å². The summed E-state index contributed by atoms with van der Waals surface area (Å²) in [7, 11) is 0. The Hall–Kier alpha value is -1.58. The fraction of sp³-hybridized carbons (Fsp3) is 0.417. The lowest BCUT2D eigenvalue weighted by Crippen LogP contribution is -2.23. The number of rotatable bonds is 3. The lowest BCUT2D eigenvalue weighted by molar-refractivity contribution is -0.138. The molecule has 0 saturated heterocycles. The molecule has 1 rings (SSSR count). The first-order valence-corrected chi connectivity index (χ1v) is 4.96. The first-order valence-electron chi connectivity index (χ1n) is 4.96. The van der Waals surface area contributed by atoms with Crippen LogP contribution in [0.25, 0.3) is 0 Å². The van der Waals surface area contributed by atoms with E-state index in [2.05, 4.69) is 0 Å². The predicted octanol–water partition coefficient (Wildman–Crippen LogP) is 2.59. The van der Waals surface area contributed by atoms with E-state index in [-0.39, 0.29) is 12.2 Å². The van der Waals surface area contributed by atoms with Crippen molar-refractivity contribution in [1.29, 1.82) is 0 Å². The van der Waals surface area contributed by atoms with Gasteiger partial charge in [-0.2, -0.15) is 0 Å². The molecule has 0 saturated carbocycles. The third kappa shape index (κ3) is 2.32. The number of hydrogen-bond acceptors (Lipinski definition) is 2. The van der Waals surface area contributed by atoms with Gasteiger partial charge in [0.25, 0.3) is 0 Å². The van der Waals surface area contributed by atoms with Crippen LogP contribution in [0.3, 0.4) is 0 Å². The van der Waals surface area contributed by atoms with Crippen molar-refractivity contribution < 1.29 is 19.4 Å². The molecule has 0 spiro atoms. The predicted molar refractivity (Wildman–Crippen MR) is 58.1 cm³/mol. The van der Waals surface area contributed by atoms with Gasteiger partial charge in [-0.3, -0.25) is 4.79 Å². The maximum Gasteiger partial charge on any atom is 0.304 e. The normalized spacial score (nSPS) is 11.5. The van der Waals surface area contributed by atoms with E-state index in [1.807, 2.05) is 0 Å². The number of benzene rings is 1. The molecule has 0 atom stereocenters. The summed E-state index contributed by atoms with van der Waals surface area (Å²) in [6.45, 7) is 4.87. The van der Waals surface area contributed by atoms with Crippen molar-refractivity contribution in [2.24, 2.45) is 0 Å². The average molecular weight is 226 g/mol. The highest BCUT2D eigenvalue weighted by atomic mass is 19.1. The molecule has 0 aliphatic carbocycles. The van der Waals surface area contributed by atoms with E-state index in [0.717, 1.165) is 0 Å². The van der Waals surface area contributed by atoms with Crippen LogP contribution in [0.1, 0.15) is 31.4 Å². The first-order chi connectivity index (χ1) is 7.25. The van der Waals surface area contributed by atoms with Gasteiger partial charge < -0.3 is 10.2 Å². The second-order valence-corrected chi connectivity index (χ2v) is 4.52. The number of halogens is 1. The first kappa shape index (κ1) is 12.5. The van der Waals surface area contributed by atoms with Crippen LogP contribution in [-0.2, 0) is 10.2 Å². The van der Waals surface area contributed by atoms with E-state index >= 15 is 0 Å². The lowest BCUT2D eigenvalue weighted by atomic mass is 9.78. The van der Waals surface area contributed by atoms with Crippen LogP contribution < -0.4 is 0 Å². The van der Waals surface area contributed by atoms with Gasteiger partial charge in [-0.25, -0.2) is 4.39 Å². The van der Waals surface area contributed by atoms with E-state index in [4.69, 9.17) is 5.11 Å². The minimum absolute atomic E-state index is 0.0647. The average Bonchev–Trinajstić information content (AvgIpc) is 2.09. The number of phenolic OH excluding ortho intramolecular Hbond substituents is 1. The van der Waals surface area contributed by atoms with E-state index in [1.54, 1.807) is 13.8 Å². The SMILES string of the molecule is Cc1c(F)ccc(O)c1C(C)(C)CC(=O)O. The van der Waals surface area contributed by atoms with Crippen LogP contribution in [0, 0.1) is 12.7 Å². The summed E-state index contributed by atoms with van der Waals surface area (Å²) < 4.78 is 13.4. The molecular formula is C12H15FO3. The van der Waals surface area contributed by atoms with Gasteiger partial charge in [0.15, 0.2) is 0 Å². The zero-order valence-corrected chi connectivity index (χ0v) is 9.54. The summed E-state index contributed by atoms with van der Waals surface area (Å²) in [5.74, 6) is -1.48. The number of hydrogen-bond donors (Lipinski definition) is 2. The van der Waals surface area contributed by atoms with Crippen molar-refractivity contribution in [3.8, 4) is 5.75 Å². The van der Waals surface area contributed by atoms with Crippen LogP contribution in [0.2, 0.25) is 0 Å². The molecule has 0 unspecified atom stereocenters. The number of aromatic hydroxyl groups is 1. The molecule has 2 N–H and O–H groups in total. The van der Waals surface area contributed by atoms with Gasteiger partial charge in [-0.1, -0.05) is 13.8 Å². The van der Waals surface area contributed by atoms with Crippen molar-refractivity contribution in [2.75, 3.05) is 0 Å². The van der Waals surface area contributed by atoms with Crippen LogP contribution in [0.5, 0.6) is 5.75 Å². The van der Waals surface area contributed by atoms with E-state index < -0.39 is 17.2 Å². The summed E-state index contributed by atoms with van der Waals surface area (Å²) in [5, 5.41) is 18.5. The molecule has 1 aromatic rings. The second-order valence-electron chi connectivity index (χ2n) is 4.52. The quantitative estimate of drug-likeness (QED) is 0.832. The summed E-state index contributed by atoms with van der Waals surface area (Å²) in [6.07, 6.45) is -0.162. The van der Waals surface area contributed by atoms with Crippen LogP contribution in [0.15, 0.2) is 12.1 Å². The number of aliphatic carboxylic acids is 1. The van der Waals surface area contributed by atoms with Gasteiger partial charge in [0.1, 0.15) is 11.6 Å². The Morgan fingerprint density at radius 2 is 2.00 bits per heavy atom. The highest BCUT2D eigenvalue weighted by Crippen LogP contribution is 2.37. The van der Waals surface area contributed by atoms with E-state index in [9.17, 15) is 14.3 Å². The van der Waals surface area contributed by atoms with Crippen molar-refractivity contribution in [1.82, 2.24) is 0 Å². The Labute approximate surface area is 93.5 Å². The molecule has 4 heteroatoms. The molecule has 0 radical (unpaired) electrons. The standard InChI is InChI=1S/C12H15FO3/c1-7-8(13)4-5-9(14)11(7)12(2,3)6-10(15)16/h4-5,14H,6H2,1-3H3,(H,15,16). The maximum absolute atomic E-state index is 13.4. The van der Waals surface area contributed by atoms with Gasteiger partial charge in [0, 0.05) is 11.0 Å². The van der Waals surface area contributed by atoms with Crippen LogP contribution >= 0.6 is 0 Å². The summed E-state index contributed by atoms with van der Waals surface area (Å²) >= 11 is 0. The molecule has 0 fully saturated rings. The van der Waals surface area contributed by atoms with Gasteiger partial charge in [-0.15, -0.1) is 0 Å². The van der Waals surface area contributed by atoms with Crippen molar-refractivity contribution in [3.63, 3.8) is 0 Å². The number of carboxylic acid groups (broad SMARTS) is 1. The smallest absolute Gasteiger partial charge is 0.304 e. The molecule has 0 aliphatic rings. The topological polar surface area (TPSA) is 57.5 Å². The molecule has 88 valence electrons. The Kier molecular flexibility index (Phi) is 3.21. The van der Waals surface area contributed by atoms with E-state index in [0.29, 0.717) is 11.1 Å². The largest absolute Gasteiger partial charge is 0.508 e. The minimum atomic E-state index is -0.979. The number of carboxylic acids is 1. The third-order valence-corrected chi connectivity index (χ3v) is 2.65. The number of carbonyl (C=O) groups is 1. The molecule has 0 aromatic heterocycles. The molecule has 0 heterocycles. The minimum Gasteiger partial charge on any atom is -0.508 e. The summed E-state index contributed by atoms with van der Waals surface area (Å²) in [6, 6.07) is 2.42. The van der Waals surface area contributed by atoms with Gasteiger partial charge in [-0.05, 0) is 24.6 Å². The maximum atomic E-state index is 13.4. The second kappa shape index (κ2) is 4.12. The highest BCUT2D eigenvalue weighted by Gasteiger charge is 2.29. The van der Waals surface area contributed by atoms with Crippen molar-refractivity contribution in [3.05, 3.63) is 29.1 Å². The number of phenols is 1. The van der Waals surface area contributed by atoms with Crippen molar-refractivity contribution in [2.45, 2.75) is 32.6 Å². The zero-order chi connectivity index (χ0) is 12.5. The van der Waals surface area contributed by atoms with Crippen LogP contribution in [0.4, 0.5) is 4.39 Å². The van der Waals surface area contributed by atoms with Crippen LogP contribution in [-0.4, -0.2) is 16.2 Å². The van der Waals surface area contributed by atoms with Gasteiger partial charge in [0.2, 0.25) is 0 Å². The summed E-state index contributed by atoms with van der Waals surface area (Å²) in [4.78, 5) is 10.7. The Balaban J connectivity index is 3.31. The fourth-order valence-corrected chi connectivity index (χ4v) is 1.99. The lowest BCUT2D eigenvalue weighted by Gasteiger charge is -2.26. The van der Waals surface area contributed by atoms with Gasteiger partial charge >= 0.3 is 5.97 Å². The molecule has 0 aliphatic heterocycles. The van der Waals surface area contributed by atoms with Crippen molar-refractivity contribution >= 4 is 5.97 Å². The monoisotopic (exact) mass is 226 g/mol. The molecular weight excluding hydrogens is 211 g/mol. The molecule has 0 bridgehead atoms. The fourth-order valence-electron chi connectivity index (χ4n) is 1.99.